The molecule has 0 spiro atoms. The molecule has 16 heteroatoms. The van der Waals surface area contributed by atoms with Crippen LogP contribution in [0.15, 0.2) is 36.7 Å². The van der Waals surface area contributed by atoms with Gasteiger partial charge in [0.2, 0.25) is 0 Å². The highest BCUT2D eigenvalue weighted by Crippen LogP contribution is 2.54. The Morgan fingerprint density at radius 2 is 1.25 bits per heavy atom. The summed E-state index contributed by atoms with van der Waals surface area (Å²) in [4.78, 5) is 7.45. The molecule has 0 aliphatic carbocycles. The van der Waals surface area contributed by atoms with Crippen LogP contribution in [0, 0.1) is 0 Å². The Morgan fingerprint density at radius 1 is 0.750 bits per heavy atom. The predicted octanol–water partition coefficient (Wildman–Crippen LogP) is 5.26. The zero-order valence-corrected chi connectivity index (χ0v) is 15.0. The molecule has 1 N–H and O–H groups in total. The van der Waals surface area contributed by atoms with Crippen molar-refractivity contribution in [2.75, 3.05) is 6.61 Å². The normalized spacial score (nSPS) is 13.8. The van der Waals surface area contributed by atoms with Crippen LogP contribution in [0.5, 0.6) is 11.5 Å². The molecule has 0 bridgehead atoms. The van der Waals surface area contributed by atoms with Gasteiger partial charge in [-0.25, -0.2) is 14.7 Å². The van der Waals surface area contributed by atoms with Gasteiger partial charge >= 0.3 is 30.2 Å². The van der Waals surface area contributed by atoms with Gasteiger partial charge in [0.15, 0.2) is 18.2 Å². The lowest BCUT2D eigenvalue weighted by atomic mass is 10.1. The van der Waals surface area contributed by atoms with E-state index in [0.717, 1.165) is 24.5 Å². The van der Waals surface area contributed by atoms with Gasteiger partial charge in [0.25, 0.3) is 0 Å². The maximum Gasteiger partial charge on any atom is 0.460 e. The molecule has 0 aliphatic heterocycles. The summed E-state index contributed by atoms with van der Waals surface area (Å²) in [5.41, 5.74) is 0.265. The zero-order chi connectivity index (χ0) is 24.6. The minimum atomic E-state index is -7.38. The van der Waals surface area contributed by atoms with Gasteiger partial charge in [0.1, 0.15) is 5.75 Å². The molecule has 5 nitrogen and oxygen atoms in total. The number of aromatic nitrogens is 2. The average Bonchev–Trinajstić information content (AvgIpc) is 2.65. The molecule has 1 heterocycles. The van der Waals surface area contributed by atoms with Crippen LogP contribution in [0.1, 0.15) is 0 Å². The van der Waals surface area contributed by atoms with Crippen LogP contribution < -0.4 is 4.74 Å². The third-order valence-corrected chi connectivity index (χ3v) is 3.55. The fraction of sp³-hybridized carbons (Fsp3) is 0.375. The molecular weight excluding hydrogens is 477 g/mol. The molecule has 0 aliphatic rings. The Morgan fingerprint density at radius 3 is 1.72 bits per heavy atom. The van der Waals surface area contributed by atoms with E-state index in [0.29, 0.717) is 0 Å². The molecule has 0 radical (unpaired) electrons. The van der Waals surface area contributed by atoms with Crippen molar-refractivity contribution in [1.82, 2.24) is 9.97 Å². The second kappa shape index (κ2) is 8.22. The monoisotopic (exact) mass is 486 g/mol. The van der Waals surface area contributed by atoms with Crippen molar-refractivity contribution in [2.45, 2.75) is 30.2 Å². The smallest absolute Gasteiger partial charge is 0.460 e. The van der Waals surface area contributed by atoms with Crippen molar-refractivity contribution in [3.63, 3.8) is 0 Å². The van der Waals surface area contributed by atoms with E-state index < -0.39 is 42.6 Å². The largest absolute Gasteiger partial charge is 0.505 e. The maximum atomic E-state index is 13.5. The van der Waals surface area contributed by atoms with E-state index in [2.05, 4.69) is 19.4 Å². The minimum absolute atomic E-state index is 0.0653. The van der Waals surface area contributed by atoms with Crippen molar-refractivity contribution in [1.29, 1.82) is 0 Å². The highest BCUT2D eigenvalue weighted by molar-refractivity contribution is 5.56. The molecule has 1 aromatic carbocycles. The number of alkyl halides is 11. The lowest BCUT2D eigenvalue weighted by molar-refractivity contribution is -0.483. The van der Waals surface area contributed by atoms with Crippen molar-refractivity contribution in [3.05, 3.63) is 36.7 Å². The van der Waals surface area contributed by atoms with Crippen LogP contribution in [0.3, 0.4) is 0 Å². The predicted molar refractivity (Wildman–Crippen MR) is 81.6 cm³/mol. The number of hydrogen-bond acceptors (Lipinski definition) is 5. The minimum Gasteiger partial charge on any atom is -0.505 e. The molecule has 32 heavy (non-hydrogen) atoms. The summed E-state index contributed by atoms with van der Waals surface area (Å²) in [6.07, 6.45) is -17.5. The topological polar surface area (TPSA) is 64.5 Å². The number of ether oxygens (including phenoxy) is 2. The summed E-state index contributed by atoms with van der Waals surface area (Å²) in [5.74, 6) is -15.4. The van der Waals surface area contributed by atoms with E-state index >= 15 is 0 Å². The number of hydrogen-bond donors (Lipinski definition) is 1. The first kappa shape index (κ1) is 25.4. The Hall–Kier alpha value is -2.91. The van der Waals surface area contributed by atoms with Crippen LogP contribution in [-0.4, -0.2) is 51.9 Å². The highest BCUT2D eigenvalue weighted by Gasteiger charge is 2.83. The Labute approximate surface area is 170 Å². The molecule has 178 valence electrons. The first-order chi connectivity index (χ1) is 14.4. The maximum absolute atomic E-state index is 13.5. The second-order valence-electron chi connectivity index (χ2n) is 5.98. The highest BCUT2D eigenvalue weighted by atomic mass is 19.4. The lowest BCUT2D eigenvalue weighted by Gasteiger charge is -2.34. The van der Waals surface area contributed by atoms with Crippen LogP contribution in [-0.2, 0) is 4.74 Å². The molecule has 0 fully saturated rings. The molecule has 1 aromatic heterocycles. The summed E-state index contributed by atoms with van der Waals surface area (Å²) < 4.78 is 147. The van der Waals surface area contributed by atoms with Gasteiger partial charge < -0.3 is 9.84 Å². The summed E-state index contributed by atoms with van der Waals surface area (Å²) >= 11 is 0. The summed E-state index contributed by atoms with van der Waals surface area (Å²) in [7, 11) is 0. The van der Waals surface area contributed by atoms with Crippen molar-refractivity contribution < 1.29 is 62.9 Å². The van der Waals surface area contributed by atoms with Crippen LogP contribution in [0.2, 0.25) is 0 Å². The van der Waals surface area contributed by atoms with Gasteiger partial charge in [-0.2, -0.15) is 48.3 Å². The summed E-state index contributed by atoms with van der Waals surface area (Å²) in [6, 6.07) is 4.28. The first-order valence-corrected chi connectivity index (χ1v) is 7.92. The van der Waals surface area contributed by atoms with E-state index in [1.165, 1.54) is 12.1 Å². The number of aromatic hydroxyl groups is 1. The van der Waals surface area contributed by atoms with Crippen molar-refractivity contribution in [3.8, 4) is 22.9 Å². The Kier molecular flexibility index (Phi) is 6.51. The second-order valence-corrected chi connectivity index (χ2v) is 5.98. The Balaban J connectivity index is 2.08. The van der Waals surface area contributed by atoms with Gasteiger partial charge in [-0.3, -0.25) is 0 Å². The number of benzene rings is 1. The quantitative estimate of drug-likeness (QED) is 0.516. The van der Waals surface area contributed by atoms with E-state index in [1.54, 1.807) is 0 Å². The summed E-state index contributed by atoms with van der Waals surface area (Å²) in [5, 5.41) is 9.08. The van der Waals surface area contributed by atoms with Crippen molar-refractivity contribution in [2.24, 2.45) is 0 Å². The third kappa shape index (κ3) is 5.11. The van der Waals surface area contributed by atoms with E-state index in [4.69, 9.17) is 5.11 Å². The van der Waals surface area contributed by atoms with Crippen LogP contribution in [0.25, 0.3) is 11.4 Å². The van der Waals surface area contributed by atoms with E-state index in [1.807, 2.05) is 0 Å². The van der Waals surface area contributed by atoms with Gasteiger partial charge in [-0.1, -0.05) is 0 Å². The first-order valence-electron chi connectivity index (χ1n) is 7.92. The van der Waals surface area contributed by atoms with E-state index in [9.17, 15) is 48.3 Å². The Bertz CT molecular complexity index is 916. The molecule has 0 amide bonds. The van der Waals surface area contributed by atoms with Crippen LogP contribution in [0.4, 0.5) is 48.3 Å². The number of rotatable bonds is 8. The third-order valence-electron chi connectivity index (χ3n) is 3.55. The molecule has 0 atom stereocenters. The standard InChI is InChI=1S/C16H9F11N2O3/c17-12(18,32-16(26,27)14(21,22)13(19,20)15(23,24)25)7-31-10-3-1-8(2-4-10)11-28-5-9(30)6-29-11/h1-6,30H,7H2. The lowest BCUT2D eigenvalue weighted by Crippen LogP contribution is -2.63. The molecule has 0 saturated heterocycles. The molecule has 2 rings (SSSR count). The van der Waals surface area contributed by atoms with Gasteiger partial charge in [0.05, 0.1) is 12.4 Å². The molecule has 2 aromatic rings. The SMILES string of the molecule is Oc1cnc(-c2ccc(OCC(F)(F)OC(F)(F)C(F)(F)C(F)(F)C(F)(F)F)cc2)nc1. The molecule has 0 saturated carbocycles. The van der Waals surface area contributed by atoms with E-state index in [-0.39, 0.29) is 17.1 Å². The fourth-order valence-corrected chi connectivity index (χ4v) is 1.98. The summed E-state index contributed by atoms with van der Waals surface area (Å²) in [6.45, 7) is -2.24. The zero-order valence-electron chi connectivity index (χ0n) is 15.0. The average molecular weight is 486 g/mol. The number of nitrogens with zero attached hydrogens (tertiary/aromatic N) is 2. The molecular formula is C16H9F11N2O3. The van der Waals surface area contributed by atoms with Gasteiger partial charge in [-0.15, -0.1) is 0 Å². The number of halogens is 11. The van der Waals surface area contributed by atoms with Gasteiger partial charge in [0, 0.05) is 5.56 Å². The van der Waals surface area contributed by atoms with Crippen LogP contribution >= 0.6 is 0 Å². The molecule has 0 unspecified atom stereocenters. The van der Waals surface area contributed by atoms with Crippen molar-refractivity contribution >= 4 is 0 Å². The fourth-order valence-electron chi connectivity index (χ4n) is 1.98. The van der Waals surface area contributed by atoms with Gasteiger partial charge in [-0.05, 0) is 24.3 Å².